The van der Waals surface area contributed by atoms with Gasteiger partial charge in [-0.05, 0) is 0 Å². The van der Waals surface area contributed by atoms with Gasteiger partial charge < -0.3 is 16.1 Å². The number of carboxylic acid groups (broad SMARTS) is 2. The molecule has 0 amide bonds. The minimum absolute atomic E-state index is 0. The van der Waals surface area contributed by atoms with Crippen molar-refractivity contribution in [3.8, 4) is 0 Å². The zero-order chi connectivity index (χ0) is 17.6. The standard InChI is InChI=1S/C15H31.C3H4O4.Na/c1-6-7-8-9-10-11-12-13-14(2)15(3,4)5;4-2(5)1-3(6)7;/h6-13H2,1-5H3;1H2,(H,4,5)(H,6,7);/q-1;;+1. The van der Waals surface area contributed by atoms with Crippen LogP contribution >= 0.6 is 0 Å². The molecule has 0 unspecified atom stereocenters. The molecule has 0 aliphatic rings. The van der Waals surface area contributed by atoms with Gasteiger partial charge in [0, 0.05) is 0 Å². The van der Waals surface area contributed by atoms with E-state index in [-0.39, 0.29) is 29.6 Å². The first-order valence-electron chi connectivity index (χ1n) is 8.37. The molecule has 0 aliphatic carbocycles. The Morgan fingerprint density at radius 3 is 1.57 bits per heavy atom. The van der Waals surface area contributed by atoms with E-state index in [2.05, 4.69) is 34.6 Å². The van der Waals surface area contributed by atoms with Crippen LogP contribution in [0, 0.1) is 11.3 Å². The molecular weight excluding hydrogens is 303 g/mol. The SMILES string of the molecule is CCCCCCCCC[C-](C)C(C)(C)C.O=C(O)CC(=O)O.[Na+]. The summed E-state index contributed by atoms with van der Waals surface area (Å²) in [6.07, 6.45) is 10.5. The van der Waals surface area contributed by atoms with Crippen LogP contribution in [0.4, 0.5) is 0 Å². The Morgan fingerprint density at radius 2 is 1.26 bits per heavy atom. The Bertz CT molecular complexity index is 286. The second-order valence-electron chi connectivity index (χ2n) is 6.87. The number of carboxylic acids is 2. The molecule has 5 heteroatoms. The molecule has 0 rings (SSSR count). The molecule has 0 aromatic heterocycles. The summed E-state index contributed by atoms with van der Waals surface area (Å²) >= 11 is 0. The fraction of sp³-hybridized carbons (Fsp3) is 0.833. The monoisotopic (exact) mass is 338 g/mol. The Kier molecular flexibility index (Phi) is 20.3. The Balaban J connectivity index is -0.000000425. The average Bonchev–Trinajstić information content (AvgIpc) is 2.35. The van der Waals surface area contributed by atoms with Gasteiger partial charge in [-0.15, -0.1) is 0 Å². The van der Waals surface area contributed by atoms with Crippen LogP contribution in [-0.4, -0.2) is 22.2 Å². The van der Waals surface area contributed by atoms with Gasteiger partial charge in [-0.2, -0.15) is 18.8 Å². The van der Waals surface area contributed by atoms with Crippen molar-refractivity contribution in [1.29, 1.82) is 0 Å². The average molecular weight is 338 g/mol. The molecule has 0 fully saturated rings. The summed E-state index contributed by atoms with van der Waals surface area (Å²) in [5.41, 5.74) is 0.419. The van der Waals surface area contributed by atoms with Gasteiger partial charge in [0.05, 0.1) is 0 Å². The number of unbranched alkanes of at least 4 members (excludes halogenated alkanes) is 6. The topological polar surface area (TPSA) is 74.6 Å². The largest absolute Gasteiger partial charge is 1.00 e. The normalized spacial score (nSPS) is 10.5. The van der Waals surface area contributed by atoms with Crippen molar-refractivity contribution in [3.63, 3.8) is 0 Å². The number of hydrogen-bond acceptors (Lipinski definition) is 2. The van der Waals surface area contributed by atoms with Gasteiger partial charge in [-0.25, -0.2) is 0 Å². The first kappa shape index (κ1) is 27.8. The number of aliphatic carboxylic acids is 2. The molecule has 2 N–H and O–H groups in total. The van der Waals surface area contributed by atoms with Crippen molar-refractivity contribution in [2.75, 3.05) is 0 Å². The van der Waals surface area contributed by atoms with Crippen LogP contribution < -0.4 is 29.6 Å². The van der Waals surface area contributed by atoms with Crippen LogP contribution in [0.15, 0.2) is 0 Å². The van der Waals surface area contributed by atoms with Gasteiger partial charge in [0.1, 0.15) is 6.42 Å². The zero-order valence-electron chi connectivity index (χ0n) is 16.1. The molecule has 0 bridgehead atoms. The summed E-state index contributed by atoms with van der Waals surface area (Å²) in [5, 5.41) is 15.4. The van der Waals surface area contributed by atoms with Crippen LogP contribution in [0.1, 0.15) is 92.4 Å². The summed E-state index contributed by atoms with van der Waals surface area (Å²) < 4.78 is 0. The molecule has 0 aliphatic heterocycles. The van der Waals surface area contributed by atoms with Crippen molar-refractivity contribution in [3.05, 3.63) is 5.92 Å². The van der Waals surface area contributed by atoms with E-state index in [0.717, 1.165) is 0 Å². The third-order valence-electron chi connectivity index (χ3n) is 3.74. The second kappa shape index (κ2) is 16.8. The van der Waals surface area contributed by atoms with Crippen molar-refractivity contribution < 1.29 is 49.4 Å². The Hall–Kier alpha value is -0.0600. The third kappa shape index (κ3) is 24.3. The molecule has 0 saturated heterocycles. The summed E-state index contributed by atoms with van der Waals surface area (Å²) in [6.45, 7) is 11.6. The molecule has 0 aromatic rings. The van der Waals surface area contributed by atoms with Gasteiger partial charge in [-0.3, -0.25) is 9.59 Å². The van der Waals surface area contributed by atoms with Crippen molar-refractivity contribution in [2.24, 2.45) is 5.41 Å². The van der Waals surface area contributed by atoms with E-state index in [1.54, 1.807) is 5.92 Å². The predicted octanol–water partition coefficient (Wildman–Crippen LogP) is 2.32. The number of carbonyl (C=O) groups is 2. The third-order valence-corrected chi connectivity index (χ3v) is 3.74. The van der Waals surface area contributed by atoms with Crippen LogP contribution in [0.5, 0.6) is 0 Å². The maximum absolute atomic E-state index is 9.43. The van der Waals surface area contributed by atoms with E-state index in [9.17, 15) is 9.59 Å². The molecule has 23 heavy (non-hydrogen) atoms. The Labute approximate surface area is 164 Å². The van der Waals surface area contributed by atoms with E-state index < -0.39 is 18.4 Å². The first-order chi connectivity index (χ1) is 10.1. The summed E-state index contributed by atoms with van der Waals surface area (Å²) in [4.78, 5) is 18.9. The van der Waals surface area contributed by atoms with Gasteiger partial charge >= 0.3 is 41.5 Å². The van der Waals surface area contributed by atoms with E-state index in [1.165, 1.54) is 51.4 Å². The minimum atomic E-state index is -1.31. The maximum atomic E-state index is 9.43. The van der Waals surface area contributed by atoms with Gasteiger partial charge in [0.25, 0.3) is 0 Å². The number of hydrogen-bond donors (Lipinski definition) is 2. The number of rotatable bonds is 10. The van der Waals surface area contributed by atoms with Gasteiger partial charge in [0.2, 0.25) is 0 Å². The second-order valence-corrected chi connectivity index (χ2v) is 6.87. The van der Waals surface area contributed by atoms with Crippen molar-refractivity contribution in [1.82, 2.24) is 0 Å². The molecule has 0 saturated carbocycles. The zero-order valence-corrected chi connectivity index (χ0v) is 18.1. The van der Waals surface area contributed by atoms with E-state index in [4.69, 9.17) is 10.2 Å². The molecular formula is C18H35NaO4. The van der Waals surface area contributed by atoms with Crippen molar-refractivity contribution >= 4 is 11.9 Å². The molecule has 132 valence electrons. The van der Waals surface area contributed by atoms with Crippen LogP contribution in [0.25, 0.3) is 0 Å². The predicted molar refractivity (Wildman–Crippen MR) is 90.9 cm³/mol. The van der Waals surface area contributed by atoms with E-state index >= 15 is 0 Å². The summed E-state index contributed by atoms with van der Waals surface area (Å²) in [5.74, 6) is -0.962. The molecule has 4 nitrogen and oxygen atoms in total. The quantitative estimate of drug-likeness (QED) is 0.277. The molecule has 0 spiro atoms. The van der Waals surface area contributed by atoms with Gasteiger partial charge in [0.15, 0.2) is 0 Å². The van der Waals surface area contributed by atoms with Crippen molar-refractivity contribution in [2.45, 2.75) is 92.4 Å². The molecule has 0 aromatic carbocycles. The fourth-order valence-corrected chi connectivity index (χ4v) is 1.85. The van der Waals surface area contributed by atoms with Crippen LogP contribution in [0.2, 0.25) is 0 Å². The summed E-state index contributed by atoms with van der Waals surface area (Å²) in [7, 11) is 0. The van der Waals surface area contributed by atoms with Crippen LogP contribution in [0.3, 0.4) is 0 Å². The molecule has 0 heterocycles. The molecule has 0 atom stereocenters. The fourth-order valence-electron chi connectivity index (χ4n) is 1.85. The smallest absolute Gasteiger partial charge is 0.481 e. The first-order valence-corrected chi connectivity index (χ1v) is 8.37. The van der Waals surface area contributed by atoms with E-state index in [1.807, 2.05) is 0 Å². The van der Waals surface area contributed by atoms with E-state index in [0.29, 0.717) is 5.41 Å². The summed E-state index contributed by atoms with van der Waals surface area (Å²) in [6, 6.07) is 0. The molecule has 0 radical (unpaired) electrons. The maximum Gasteiger partial charge on any atom is 1.00 e. The minimum Gasteiger partial charge on any atom is -0.481 e. The van der Waals surface area contributed by atoms with Gasteiger partial charge in [-0.1, -0.05) is 72.6 Å². The Morgan fingerprint density at radius 1 is 0.870 bits per heavy atom. The van der Waals surface area contributed by atoms with Crippen LogP contribution in [-0.2, 0) is 9.59 Å².